The molecule has 30 heavy (non-hydrogen) atoms. The number of esters is 1. The Balaban J connectivity index is 1.96. The summed E-state index contributed by atoms with van der Waals surface area (Å²) in [7, 11) is 1.33. The number of hydrogen-bond donors (Lipinski definition) is 0. The Hall–Kier alpha value is -3.34. The zero-order chi connectivity index (χ0) is 21.7. The number of nitrogens with zero attached hydrogens (tertiary/aromatic N) is 1. The van der Waals surface area contributed by atoms with Crippen LogP contribution in [0, 0.1) is 5.92 Å². The molecule has 0 fully saturated rings. The summed E-state index contributed by atoms with van der Waals surface area (Å²) in [5.41, 5.74) is 3.04. The lowest BCUT2D eigenvalue weighted by atomic mass is 10.0. The van der Waals surface area contributed by atoms with Gasteiger partial charge >= 0.3 is 5.97 Å². The summed E-state index contributed by atoms with van der Waals surface area (Å²) in [4.78, 5) is 27.3. The van der Waals surface area contributed by atoms with Crippen LogP contribution < -0.4 is 4.74 Å². The van der Waals surface area contributed by atoms with Crippen molar-refractivity contribution in [2.24, 2.45) is 5.92 Å². The predicted octanol–water partition coefficient (Wildman–Crippen LogP) is 4.59. The number of benzene rings is 2. The third-order valence-corrected chi connectivity index (χ3v) is 4.90. The standard InChI is InChI=1S/C25H27NO4/c1-17(2)15-26-18(3)23(25(28)29-4)21(24(26)27)14-20-12-8-9-13-22(20)30-16-19-10-6-5-7-11-19/h5-14,17H,15-16H2,1-4H3/b21-14-. The van der Waals surface area contributed by atoms with Crippen molar-refractivity contribution in [2.75, 3.05) is 13.7 Å². The van der Waals surface area contributed by atoms with E-state index in [0.29, 0.717) is 35.7 Å². The number of amides is 1. The molecule has 5 heteroatoms. The number of rotatable bonds is 7. The second-order valence-electron chi connectivity index (χ2n) is 7.63. The summed E-state index contributed by atoms with van der Waals surface area (Å²) in [6, 6.07) is 17.4. The number of ether oxygens (including phenoxy) is 2. The fourth-order valence-electron chi connectivity index (χ4n) is 3.44. The minimum absolute atomic E-state index is 0.195. The van der Waals surface area contributed by atoms with Crippen LogP contribution in [0.4, 0.5) is 0 Å². The summed E-state index contributed by atoms with van der Waals surface area (Å²) in [6.45, 7) is 6.80. The molecule has 2 aromatic carbocycles. The number of hydrogen-bond acceptors (Lipinski definition) is 4. The van der Waals surface area contributed by atoms with Crippen LogP contribution in [-0.4, -0.2) is 30.4 Å². The van der Waals surface area contributed by atoms with E-state index in [1.54, 1.807) is 17.9 Å². The lowest BCUT2D eigenvalue weighted by Crippen LogP contribution is -2.28. The van der Waals surface area contributed by atoms with Gasteiger partial charge in [-0.3, -0.25) is 4.79 Å². The van der Waals surface area contributed by atoms with Gasteiger partial charge in [0.25, 0.3) is 5.91 Å². The molecule has 0 unspecified atom stereocenters. The Labute approximate surface area is 177 Å². The molecule has 156 valence electrons. The van der Waals surface area contributed by atoms with E-state index < -0.39 is 5.97 Å². The van der Waals surface area contributed by atoms with Gasteiger partial charge in [-0.1, -0.05) is 62.4 Å². The topological polar surface area (TPSA) is 55.8 Å². The van der Waals surface area contributed by atoms with E-state index in [0.717, 1.165) is 11.1 Å². The number of allylic oxidation sites excluding steroid dienone is 1. The number of para-hydroxylation sites is 1. The minimum atomic E-state index is -0.513. The molecule has 0 saturated heterocycles. The molecule has 3 rings (SSSR count). The SMILES string of the molecule is COC(=O)C1=C(C)N(CC(C)C)C(=O)/C1=C\c1ccccc1OCc1ccccc1. The first-order chi connectivity index (χ1) is 14.4. The van der Waals surface area contributed by atoms with Gasteiger partial charge in [-0.15, -0.1) is 0 Å². The van der Waals surface area contributed by atoms with Crippen LogP contribution in [0.5, 0.6) is 5.75 Å². The van der Waals surface area contributed by atoms with Crippen LogP contribution in [0.1, 0.15) is 31.9 Å². The quantitative estimate of drug-likeness (QED) is 0.499. The van der Waals surface area contributed by atoms with E-state index in [9.17, 15) is 9.59 Å². The highest BCUT2D eigenvalue weighted by molar-refractivity contribution is 6.16. The Morgan fingerprint density at radius 3 is 2.40 bits per heavy atom. The molecule has 0 bridgehead atoms. The Morgan fingerprint density at radius 1 is 1.07 bits per heavy atom. The van der Waals surface area contributed by atoms with E-state index in [4.69, 9.17) is 9.47 Å². The van der Waals surface area contributed by atoms with Crippen molar-refractivity contribution in [3.63, 3.8) is 0 Å². The molecule has 0 N–H and O–H groups in total. The van der Waals surface area contributed by atoms with Crippen LogP contribution in [0.3, 0.4) is 0 Å². The summed E-state index contributed by atoms with van der Waals surface area (Å²) in [5, 5.41) is 0. The van der Waals surface area contributed by atoms with Crippen LogP contribution in [0.2, 0.25) is 0 Å². The molecule has 0 aliphatic carbocycles. The van der Waals surface area contributed by atoms with E-state index in [1.807, 2.05) is 68.4 Å². The van der Waals surface area contributed by atoms with Gasteiger partial charge < -0.3 is 14.4 Å². The van der Waals surface area contributed by atoms with Crippen molar-refractivity contribution < 1.29 is 19.1 Å². The molecule has 0 aromatic heterocycles. The number of carbonyl (C=O) groups is 2. The van der Waals surface area contributed by atoms with Gasteiger partial charge in [0.15, 0.2) is 0 Å². The molecule has 5 nitrogen and oxygen atoms in total. The fourth-order valence-corrected chi connectivity index (χ4v) is 3.44. The zero-order valence-electron chi connectivity index (χ0n) is 17.8. The van der Waals surface area contributed by atoms with Crippen molar-refractivity contribution in [3.05, 3.63) is 82.6 Å². The van der Waals surface area contributed by atoms with Gasteiger partial charge in [0.05, 0.1) is 18.3 Å². The second kappa shape index (κ2) is 9.44. The summed E-state index contributed by atoms with van der Waals surface area (Å²) in [6.07, 6.45) is 1.72. The number of carbonyl (C=O) groups excluding carboxylic acids is 2. The zero-order valence-corrected chi connectivity index (χ0v) is 17.8. The van der Waals surface area contributed by atoms with Crippen molar-refractivity contribution in [1.29, 1.82) is 0 Å². The highest BCUT2D eigenvalue weighted by atomic mass is 16.5. The summed E-state index contributed by atoms with van der Waals surface area (Å²) < 4.78 is 11.0. The molecule has 0 spiro atoms. The average molecular weight is 405 g/mol. The molecule has 0 saturated carbocycles. The monoisotopic (exact) mass is 405 g/mol. The van der Waals surface area contributed by atoms with E-state index in [2.05, 4.69) is 0 Å². The molecule has 1 amide bonds. The maximum Gasteiger partial charge on any atom is 0.340 e. The van der Waals surface area contributed by atoms with Crippen LogP contribution in [0.15, 0.2) is 71.4 Å². The van der Waals surface area contributed by atoms with E-state index in [1.165, 1.54) is 7.11 Å². The van der Waals surface area contributed by atoms with Crippen molar-refractivity contribution >= 4 is 18.0 Å². The lowest BCUT2D eigenvalue weighted by molar-refractivity contribution is -0.136. The average Bonchev–Trinajstić information content (AvgIpc) is 2.97. The summed E-state index contributed by atoms with van der Waals surface area (Å²) in [5.74, 6) is 0.204. The van der Waals surface area contributed by atoms with Gasteiger partial charge in [0, 0.05) is 17.8 Å². The first-order valence-electron chi connectivity index (χ1n) is 10.0. The smallest absolute Gasteiger partial charge is 0.340 e. The molecule has 2 aromatic rings. The fraction of sp³-hybridized carbons (Fsp3) is 0.280. The minimum Gasteiger partial charge on any atom is -0.488 e. The van der Waals surface area contributed by atoms with Crippen molar-refractivity contribution in [2.45, 2.75) is 27.4 Å². The first kappa shape index (κ1) is 21.4. The Kier molecular flexibility index (Phi) is 6.72. The highest BCUT2D eigenvalue weighted by Gasteiger charge is 2.37. The van der Waals surface area contributed by atoms with Crippen molar-refractivity contribution in [3.8, 4) is 5.75 Å². The van der Waals surface area contributed by atoms with Crippen LogP contribution in [-0.2, 0) is 20.9 Å². The molecule has 1 heterocycles. The molecule has 0 atom stereocenters. The predicted molar refractivity (Wildman–Crippen MR) is 116 cm³/mol. The normalized spacial score (nSPS) is 15.3. The molecular formula is C25H27NO4. The Morgan fingerprint density at radius 2 is 1.73 bits per heavy atom. The number of methoxy groups -OCH3 is 1. The van der Waals surface area contributed by atoms with E-state index >= 15 is 0 Å². The highest BCUT2D eigenvalue weighted by Crippen LogP contribution is 2.33. The largest absolute Gasteiger partial charge is 0.488 e. The maximum absolute atomic E-state index is 13.1. The summed E-state index contributed by atoms with van der Waals surface area (Å²) >= 11 is 0. The van der Waals surface area contributed by atoms with E-state index in [-0.39, 0.29) is 11.8 Å². The van der Waals surface area contributed by atoms with Gasteiger partial charge in [0.1, 0.15) is 12.4 Å². The molecule has 0 radical (unpaired) electrons. The first-order valence-corrected chi connectivity index (χ1v) is 10.0. The van der Waals surface area contributed by atoms with Gasteiger partial charge in [0.2, 0.25) is 0 Å². The molecule has 1 aliphatic heterocycles. The molecular weight excluding hydrogens is 378 g/mol. The molecule has 1 aliphatic rings. The maximum atomic E-state index is 13.1. The van der Waals surface area contributed by atoms with Crippen molar-refractivity contribution in [1.82, 2.24) is 4.90 Å². The Bertz CT molecular complexity index is 989. The van der Waals surface area contributed by atoms with Gasteiger partial charge in [-0.25, -0.2) is 4.79 Å². The lowest BCUT2D eigenvalue weighted by Gasteiger charge is -2.20. The van der Waals surface area contributed by atoms with Gasteiger partial charge in [-0.05, 0) is 30.5 Å². The van der Waals surface area contributed by atoms with Crippen LogP contribution in [0.25, 0.3) is 6.08 Å². The third-order valence-electron chi connectivity index (χ3n) is 4.90. The third kappa shape index (κ3) is 4.62. The van der Waals surface area contributed by atoms with Gasteiger partial charge in [-0.2, -0.15) is 0 Å². The van der Waals surface area contributed by atoms with Crippen LogP contribution >= 0.6 is 0 Å². The second-order valence-corrected chi connectivity index (χ2v) is 7.63.